The molecule has 1 aromatic heterocycles. The smallest absolute Gasteiger partial charge is 0.356 e. The summed E-state index contributed by atoms with van der Waals surface area (Å²) < 4.78 is 4.94. The zero-order valence-corrected chi connectivity index (χ0v) is 11.2. The zero-order valence-electron chi connectivity index (χ0n) is 10.4. The molecule has 5 nitrogen and oxygen atoms in total. The number of piperazine rings is 1. The lowest BCUT2D eigenvalue weighted by Gasteiger charge is -2.28. The third kappa shape index (κ3) is 3.58. The lowest BCUT2D eigenvalue weighted by molar-refractivity contribution is 0.0519. The summed E-state index contributed by atoms with van der Waals surface area (Å²) in [7, 11) is 0. The van der Waals surface area contributed by atoms with Crippen molar-refractivity contribution in [1.29, 1.82) is 0 Å². The Morgan fingerprint density at radius 2 is 2.17 bits per heavy atom. The van der Waals surface area contributed by atoms with Crippen LogP contribution in [-0.4, -0.2) is 43.7 Å². The van der Waals surface area contributed by atoms with E-state index in [0.29, 0.717) is 12.3 Å². The molecule has 0 aromatic carbocycles. The summed E-state index contributed by atoms with van der Waals surface area (Å²) in [5.41, 5.74) is 0.378. The maximum Gasteiger partial charge on any atom is 0.356 e. The van der Waals surface area contributed by atoms with E-state index in [0.717, 1.165) is 32.0 Å². The van der Waals surface area contributed by atoms with Crippen LogP contribution in [0.3, 0.4) is 0 Å². The molecule has 0 aliphatic carbocycles. The summed E-state index contributed by atoms with van der Waals surface area (Å²) in [6.45, 7) is 5.89. The van der Waals surface area contributed by atoms with Gasteiger partial charge >= 0.3 is 5.97 Å². The molecule has 0 unspecified atom stereocenters. The Bertz CT molecular complexity index is 395. The van der Waals surface area contributed by atoms with Crippen LogP contribution in [0.1, 0.15) is 17.4 Å². The SMILES string of the molecule is CCOC(=O)c1cccc(N2CCNCC2)n1.Cl. The molecular weight excluding hydrogens is 254 g/mol. The monoisotopic (exact) mass is 271 g/mol. The lowest BCUT2D eigenvalue weighted by atomic mass is 10.3. The molecule has 0 radical (unpaired) electrons. The van der Waals surface area contributed by atoms with Gasteiger partial charge in [0.15, 0.2) is 5.69 Å². The first-order valence-electron chi connectivity index (χ1n) is 5.91. The number of aromatic nitrogens is 1. The van der Waals surface area contributed by atoms with Crippen molar-refractivity contribution in [3.63, 3.8) is 0 Å². The highest BCUT2D eigenvalue weighted by molar-refractivity contribution is 5.87. The van der Waals surface area contributed by atoms with Crippen molar-refractivity contribution < 1.29 is 9.53 Å². The predicted molar refractivity (Wildman–Crippen MR) is 72.5 cm³/mol. The minimum atomic E-state index is -0.357. The Balaban J connectivity index is 0.00000162. The van der Waals surface area contributed by atoms with Crippen LogP contribution in [0, 0.1) is 0 Å². The first-order valence-corrected chi connectivity index (χ1v) is 5.91. The number of hydrogen-bond donors (Lipinski definition) is 1. The molecule has 0 amide bonds. The molecule has 1 N–H and O–H groups in total. The Kier molecular flexibility index (Phi) is 5.88. The van der Waals surface area contributed by atoms with E-state index in [-0.39, 0.29) is 18.4 Å². The van der Waals surface area contributed by atoms with Crippen LogP contribution in [0.15, 0.2) is 18.2 Å². The second-order valence-corrected chi connectivity index (χ2v) is 3.84. The van der Waals surface area contributed by atoms with E-state index in [1.54, 1.807) is 13.0 Å². The van der Waals surface area contributed by atoms with Crippen molar-refractivity contribution in [1.82, 2.24) is 10.3 Å². The van der Waals surface area contributed by atoms with Crippen LogP contribution in [0.2, 0.25) is 0 Å². The molecule has 0 bridgehead atoms. The van der Waals surface area contributed by atoms with Crippen LogP contribution in [0.4, 0.5) is 5.82 Å². The van der Waals surface area contributed by atoms with Gasteiger partial charge in [-0.2, -0.15) is 0 Å². The van der Waals surface area contributed by atoms with Gasteiger partial charge in [0.05, 0.1) is 6.61 Å². The summed E-state index contributed by atoms with van der Waals surface area (Å²) >= 11 is 0. The van der Waals surface area contributed by atoms with Gasteiger partial charge in [0.1, 0.15) is 5.82 Å². The Morgan fingerprint density at radius 3 is 2.83 bits per heavy atom. The van der Waals surface area contributed by atoms with Crippen LogP contribution in [0.25, 0.3) is 0 Å². The normalized spacial score (nSPS) is 14.8. The average Bonchev–Trinajstić information content (AvgIpc) is 2.40. The van der Waals surface area contributed by atoms with Gasteiger partial charge < -0.3 is 15.0 Å². The van der Waals surface area contributed by atoms with Gasteiger partial charge in [-0.05, 0) is 19.1 Å². The van der Waals surface area contributed by atoms with Crippen molar-refractivity contribution in [3.05, 3.63) is 23.9 Å². The third-order valence-electron chi connectivity index (χ3n) is 2.66. The van der Waals surface area contributed by atoms with E-state index >= 15 is 0 Å². The van der Waals surface area contributed by atoms with Crippen molar-refractivity contribution in [3.8, 4) is 0 Å². The second-order valence-electron chi connectivity index (χ2n) is 3.84. The Hall–Kier alpha value is -1.33. The van der Waals surface area contributed by atoms with E-state index in [2.05, 4.69) is 15.2 Å². The van der Waals surface area contributed by atoms with Crippen molar-refractivity contribution >= 4 is 24.2 Å². The predicted octanol–water partition coefficient (Wildman–Crippen LogP) is 1.09. The topological polar surface area (TPSA) is 54.5 Å². The van der Waals surface area contributed by atoms with E-state index in [9.17, 15) is 4.79 Å². The highest BCUT2D eigenvalue weighted by Crippen LogP contribution is 2.12. The van der Waals surface area contributed by atoms with Crippen molar-refractivity contribution in [2.45, 2.75) is 6.92 Å². The molecule has 18 heavy (non-hydrogen) atoms. The first-order chi connectivity index (χ1) is 8.31. The quantitative estimate of drug-likeness (QED) is 0.834. The van der Waals surface area contributed by atoms with Crippen LogP contribution in [-0.2, 0) is 4.74 Å². The minimum absolute atomic E-state index is 0. The number of nitrogens with zero attached hydrogens (tertiary/aromatic N) is 2. The van der Waals surface area contributed by atoms with Gasteiger partial charge in [0, 0.05) is 26.2 Å². The van der Waals surface area contributed by atoms with Gasteiger partial charge in [-0.15, -0.1) is 12.4 Å². The molecular formula is C12H18ClN3O2. The molecule has 2 heterocycles. The fourth-order valence-corrected chi connectivity index (χ4v) is 1.81. The zero-order chi connectivity index (χ0) is 12.1. The van der Waals surface area contributed by atoms with E-state index in [1.807, 2.05) is 12.1 Å². The van der Waals surface area contributed by atoms with E-state index < -0.39 is 0 Å². The Labute approximate surface area is 113 Å². The summed E-state index contributed by atoms with van der Waals surface area (Å²) in [6, 6.07) is 5.45. The summed E-state index contributed by atoms with van der Waals surface area (Å²) in [4.78, 5) is 18.1. The molecule has 0 saturated carbocycles. The van der Waals surface area contributed by atoms with Crippen molar-refractivity contribution in [2.75, 3.05) is 37.7 Å². The third-order valence-corrected chi connectivity index (χ3v) is 2.66. The largest absolute Gasteiger partial charge is 0.461 e. The van der Waals surface area contributed by atoms with Crippen LogP contribution < -0.4 is 10.2 Å². The molecule has 2 rings (SSSR count). The van der Waals surface area contributed by atoms with E-state index in [4.69, 9.17) is 4.74 Å². The number of pyridine rings is 1. The minimum Gasteiger partial charge on any atom is -0.461 e. The fraction of sp³-hybridized carbons (Fsp3) is 0.500. The lowest BCUT2D eigenvalue weighted by Crippen LogP contribution is -2.44. The standard InChI is InChI=1S/C12H17N3O2.ClH/c1-2-17-12(16)10-4-3-5-11(14-10)15-8-6-13-7-9-15;/h3-5,13H,2,6-9H2,1H3;1H. The van der Waals surface area contributed by atoms with Crippen molar-refractivity contribution in [2.24, 2.45) is 0 Å². The number of carbonyl (C=O) groups is 1. The molecule has 0 spiro atoms. The van der Waals surface area contributed by atoms with Gasteiger partial charge in [0.2, 0.25) is 0 Å². The summed E-state index contributed by atoms with van der Waals surface area (Å²) in [5, 5.41) is 3.28. The number of halogens is 1. The molecule has 1 fully saturated rings. The highest BCUT2D eigenvalue weighted by atomic mass is 35.5. The molecule has 1 saturated heterocycles. The van der Waals surface area contributed by atoms with Gasteiger partial charge in [-0.3, -0.25) is 0 Å². The number of nitrogens with one attached hydrogen (secondary N) is 1. The molecule has 0 atom stereocenters. The molecule has 100 valence electrons. The first kappa shape index (κ1) is 14.7. The van der Waals surface area contributed by atoms with Gasteiger partial charge in [-0.25, -0.2) is 9.78 Å². The number of rotatable bonds is 3. The highest BCUT2D eigenvalue weighted by Gasteiger charge is 2.14. The maximum atomic E-state index is 11.6. The summed E-state index contributed by atoms with van der Waals surface area (Å²) in [6.07, 6.45) is 0. The number of esters is 1. The van der Waals surface area contributed by atoms with Gasteiger partial charge in [-0.1, -0.05) is 6.07 Å². The number of carbonyl (C=O) groups excluding carboxylic acids is 1. The number of anilines is 1. The maximum absolute atomic E-state index is 11.6. The molecule has 1 aliphatic heterocycles. The average molecular weight is 272 g/mol. The number of hydrogen-bond acceptors (Lipinski definition) is 5. The number of ether oxygens (including phenoxy) is 1. The second kappa shape index (κ2) is 7.18. The van der Waals surface area contributed by atoms with Gasteiger partial charge in [0.25, 0.3) is 0 Å². The summed E-state index contributed by atoms with van der Waals surface area (Å²) in [5.74, 6) is 0.488. The molecule has 6 heteroatoms. The van der Waals surface area contributed by atoms with Crippen LogP contribution >= 0.6 is 12.4 Å². The van der Waals surface area contributed by atoms with E-state index in [1.165, 1.54) is 0 Å². The van der Waals surface area contributed by atoms with Crippen LogP contribution in [0.5, 0.6) is 0 Å². The Morgan fingerprint density at radius 1 is 1.44 bits per heavy atom. The molecule has 1 aromatic rings. The fourth-order valence-electron chi connectivity index (χ4n) is 1.81. The molecule has 1 aliphatic rings.